The summed E-state index contributed by atoms with van der Waals surface area (Å²) >= 11 is 0. The second-order valence-corrected chi connectivity index (χ2v) is 7.14. The van der Waals surface area contributed by atoms with E-state index in [1.807, 2.05) is 4.90 Å². The maximum atomic E-state index is 13.0. The lowest BCUT2D eigenvalue weighted by Gasteiger charge is -2.61. The van der Waals surface area contributed by atoms with Crippen molar-refractivity contribution in [2.24, 2.45) is 23.0 Å². The molecule has 1 amide bonds. The average Bonchev–Trinajstić information content (AvgIpc) is 3.05. The van der Waals surface area contributed by atoms with Crippen molar-refractivity contribution in [1.82, 2.24) is 4.90 Å². The number of hydrogen-bond donors (Lipinski definition) is 1. The van der Waals surface area contributed by atoms with Crippen LogP contribution in [0.25, 0.3) is 0 Å². The van der Waals surface area contributed by atoms with E-state index in [-0.39, 0.29) is 23.3 Å². The topological polar surface area (TPSA) is 64.8 Å². The van der Waals surface area contributed by atoms with Crippen LogP contribution in [0.4, 0.5) is 0 Å². The number of hydrogen-bond acceptors (Lipinski definition) is 4. The predicted octanol–water partition coefficient (Wildman–Crippen LogP) is 0.624. The van der Waals surface area contributed by atoms with Crippen molar-refractivity contribution in [1.29, 1.82) is 0 Å². The van der Waals surface area contributed by atoms with E-state index in [1.165, 1.54) is 0 Å². The second-order valence-electron chi connectivity index (χ2n) is 7.14. The van der Waals surface area contributed by atoms with E-state index >= 15 is 0 Å². The SMILES string of the molecule is COCC1CCN(C(=O)C2(N)C3CCOC3C2(C)C)C1. The highest BCUT2D eigenvalue weighted by Crippen LogP contribution is 2.58. The molecule has 0 radical (unpaired) electrons. The van der Waals surface area contributed by atoms with Gasteiger partial charge >= 0.3 is 0 Å². The molecule has 3 fully saturated rings. The highest BCUT2D eigenvalue weighted by atomic mass is 16.5. The zero-order chi connectivity index (χ0) is 14.5. The van der Waals surface area contributed by atoms with E-state index in [0.29, 0.717) is 5.92 Å². The van der Waals surface area contributed by atoms with E-state index in [9.17, 15) is 4.79 Å². The number of nitrogens with two attached hydrogens (primary N) is 1. The Balaban J connectivity index is 1.74. The quantitative estimate of drug-likeness (QED) is 0.824. The Hall–Kier alpha value is -0.650. The molecule has 1 saturated carbocycles. The van der Waals surface area contributed by atoms with E-state index in [1.54, 1.807) is 7.11 Å². The van der Waals surface area contributed by atoms with Crippen molar-refractivity contribution in [3.05, 3.63) is 0 Å². The maximum Gasteiger partial charge on any atom is 0.243 e. The molecular formula is C15H26N2O3. The smallest absolute Gasteiger partial charge is 0.243 e. The first-order chi connectivity index (χ1) is 9.42. The number of nitrogens with zero attached hydrogens (tertiary/aromatic N) is 1. The van der Waals surface area contributed by atoms with Crippen LogP contribution >= 0.6 is 0 Å². The molecule has 1 aliphatic carbocycles. The molecule has 0 spiro atoms. The summed E-state index contributed by atoms with van der Waals surface area (Å²) in [6.07, 6.45) is 2.07. The lowest BCUT2D eigenvalue weighted by molar-refractivity contribution is -0.183. The van der Waals surface area contributed by atoms with Gasteiger partial charge in [-0.15, -0.1) is 0 Å². The largest absolute Gasteiger partial charge is 0.384 e. The molecule has 114 valence electrons. The molecule has 2 aliphatic heterocycles. The van der Waals surface area contributed by atoms with Crippen LogP contribution in [0, 0.1) is 17.3 Å². The summed E-state index contributed by atoms with van der Waals surface area (Å²) in [5.41, 5.74) is 5.58. The van der Waals surface area contributed by atoms with E-state index in [4.69, 9.17) is 15.2 Å². The van der Waals surface area contributed by atoms with Crippen molar-refractivity contribution in [3.63, 3.8) is 0 Å². The van der Waals surface area contributed by atoms with Crippen LogP contribution in [0.5, 0.6) is 0 Å². The van der Waals surface area contributed by atoms with Crippen molar-refractivity contribution >= 4 is 5.91 Å². The number of ether oxygens (including phenoxy) is 2. The van der Waals surface area contributed by atoms with Gasteiger partial charge in [-0.3, -0.25) is 4.79 Å². The Morgan fingerprint density at radius 1 is 1.45 bits per heavy atom. The van der Waals surface area contributed by atoms with Gasteiger partial charge < -0.3 is 20.1 Å². The molecule has 20 heavy (non-hydrogen) atoms. The first-order valence-electron chi connectivity index (χ1n) is 7.61. The third-order valence-electron chi connectivity index (χ3n) is 5.78. The summed E-state index contributed by atoms with van der Waals surface area (Å²) in [6.45, 7) is 7.18. The number of carbonyl (C=O) groups is 1. The lowest BCUT2D eigenvalue weighted by atomic mass is 9.47. The van der Waals surface area contributed by atoms with E-state index in [2.05, 4.69) is 13.8 Å². The summed E-state index contributed by atoms with van der Waals surface area (Å²) in [6, 6.07) is 0. The molecule has 2 heterocycles. The molecule has 4 unspecified atom stereocenters. The van der Waals surface area contributed by atoms with Crippen LogP contribution in [-0.4, -0.2) is 55.9 Å². The molecule has 0 bridgehead atoms. The van der Waals surface area contributed by atoms with Crippen molar-refractivity contribution < 1.29 is 14.3 Å². The fraction of sp³-hybridized carbons (Fsp3) is 0.933. The fourth-order valence-corrected chi connectivity index (χ4v) is 4.47. The standard InChI is InChI=1S/C15H26N2O3/c1-14(2)12-11(5-7-20-12)15(14,16)13(18)17-6-4-10(8-17)9-19-3/h10-12H,4-9,16H2,1-3H3. The summed E-state index contributed by atoms with van der Waals surface area (Å²) in [7, 11) is 1.71. The summed E-state index contributed by atoms with van der Waals surface area (Å²) in [5, 5.41) is 0. The number of methoxy groups -OCH3 is 1. The summed E-state index contributed by atoms with van der Waals surface area (Å²) in [5.74, 6) is 0.755. The molecule has 0 aromatic rings. The highest BCUT2D eigenvalue weighted by Gasteiger charge is 2.72. The second kappa shape index (κ2) is 4.68. The third kappa shape index (κ3) is 1.69. The minimum atomic E-state index is -0.754. The van der Waals surface area contributed by atoms with Crippen LogP contribution in [0.1, 0.15) is 26.7 Å². The molecule has 5 heteroatoms. The highest BCUT2D eigenvalue weighted by molar-refractivity contribution is 5.89. The molecule has 0 aromatic carbocycles. The first-order valence-corrected chi connectivity index (χ1v) is 7.61. The summed E-state index contributed by atoms with van der Waals surface area (Å²) < 4.78 is 11.0. The van der Waals surface area contributed by atoms with Gasteiger partial charge in [-0.1, -0.05) is 13.8 Å². The van der Waals surface area contributed by atoms with Crippen LogP contribution < -0.4 is 5.73 Å². The maximum absolute atomic E-state index is 13.0. The van der Waals surface area contributed by atoms with E-state index < -0.39 is 5.54 Å². The number of likely N-dealkylation sites (tertiary alicyclic amines) is 1. The van der Waals surface area contributed by atoms with Gasteiger partial charge in [0.25, 0.3) is 0 Å². The zero-order valence-electron chi connectivity index (χ0n) is 12.7. The molecule has 4 atom stereocenters. The van der Waals surface area contributed by atoms with Crippen LogP contribution in [-0.2, 0) is 14.3 Å². The summed E-state index contributed by atoms with van der Waals surface area (Å²) in [4.78, 5) is 14.9. The van der Waals surface area contributed by atoms with Gasteiger partial charge in [0.2, 0.25) is 5.91 Å². The predicted molar refractivity (Wildman–Crippen MR) is 75.1 cm³/mol. The Kier molecular flexibility index (Phi) is 3.35. The molecule has 5 nitrogen and oxygen atoms in total. The van der Waals surface area contributed by atoms with Crippen LogP contribution in [0.2, 0.25) is 0 Å². The Morgan fingerprint density at radius 3 is 2.90 bits per heavy atom. The molecular weight excluding hydrogens is 256 g/mol. The fourth-order valence-electron chi connectivity index (χ4n) is 4.47. The monoisotopic (exact) mass is 282 g/mol. The Bertz CT molecular complexity index is 412. The van der Waals surface area contributed by atoms with Gasteiger partial charge in [-0.2, -0.15) is 0 Å². The Morgan fingerprint density at radius 2 is 2.20 bits per heavy atom. The van der Waals surface area contributed by atoms with E-state index in [0.717, 1.165) is 39.1 Å². The van der Waals surface area contributed by atoms with Gasteiger partial charge in [0.1, 0.15) is 5.54 Å². The molecule has 0 aromatic heterocycles. The molecule has 3 aliphatic rings. The van der Waals surface area contributed by atoms with Crippen molar-refractivity contribution in [2.45, 2.75) is 38.3 Å². The van der Waals surface area contributed by atoms with Gasteiger partial charge in [-0.25, -0.2) is 0 Å². The van der Waals surface area contributed by atoms with Crippen LogP contribution in [0.3, 0.4) is 0 Å². The van der Waals surface area contributed by atoms with Crippen molar-refractivity contribution in [2.75, 3.05) is 33.4 Å². The van der Waals surface area contributed by atoms with Gasteiger partial charge in [0.15, 0.2) is 0 Å². The molecule has 2 saturated heterocycles. The van der Waals surface area contributed by atoms with Gasteiger partial charge in [0, 0.05) is 44.1 Å². The van der Waals surface area contributed by atoms with Crippen molar-refractivity contribution in [3.8, 4) is 0 Å². The minimum Gasteiger partial charge on any atom is -0.384 e. The third-order valence-corrected chi connectivity index (χ3v) is 5.78. The van der Waals surface area contributed by atoms with Gasteiger partial charge in [-0.05, 0) is 12.8 Å². The number of carbonyl (C=O) groups excluding carboxylic acids is 1. The van der Waals surface area contributed by atoms with Crippen LogP contribution in [0.15, 0.2) is 0 Å². The lowest BCUT2D eigenvalue weighted by Crippen LogP contribution is -2.80. The molecule has 3 rings (SSSR count). The number of fused-ring (bicyclic) bond motifs is 1. The zero-order valence-corrected chi connectivity index (χ0v) is 12.7. The first kappa shape index (κ1) is 14.3. The average molecular weight is 282 g/mol. The molecule has 2 N–H and O–H groups in total. The minimum absolute atomic E-state index is 0.118. The Labute approximate surface area is 120 Å². The van der Waals surface area contributed by atoms with Gasteiger partial charge in [0.05, 0.1) is 12.7 Å². The number of rotatable bonds is 3. The normalized spacial score (nSPS) is 42.4. The number of amides is 1.